The Balaban J connectivity index is 2.29. The van der Waals surface area contributed by atoms with E-state index in [0.29, 0.717) is 11.1 Å². The number of nitrogens with zero attached hydrogens (tertiary/aromatic N) is 1. The first-order valence-corrected chi connectivity index (χ1v) is 7.37. The number of anilines is 1. The fraction of sp³-hybridized carbons (Fsp3) is 0.625. The molecule has 2 rings (SSSR count). The minimum absolute atomic E-state index is 0.238. The first kappa shape index (κ1) is 15.3. The Morgan fingerprint density at radius 3 is 2.80 bits per heavy atom. The van der Waals surface area contributed by atoms with E-state index in [4.69, 9.17) is 4.74 Å². The van der Waals surface area contributed by atoms with Gasteiger partial charge in [-0.25, -0.2) is 4.39 Å². The van der Waals surface area contributed by atoms with Crippen LogP contribution in [0.25, 0.3) is 0 Å². The van der Waals surface area contributed by atoms with Gasteiger partial charge in [0.1, 0.15) is 5.82 Å². The van der Waals surface area contributed by atoms with Gasteiger partial charge in [-0.3, -0.25) is 0 Å². The Labute approximate surface area is 120 Å². The van der Waals surface area contributed by atoms with Crippen molar-refractivity contribution in [1.29, 1.82) is 0 Å². The van der Waals surface area contributed by atoms with E-state index in [2.05, 4.69) is 11.8 Å². The highest BCUT2D eigenvalue weighted by atomic mass is 19.1. The molecule has 0 aromatic heterocycles. The van der Waals surface area contributed by atoms with Gasteiger partial charge in [-0.15, -0.1) is 0 Å². The molecule has 1 N–H and O–H groups in total. The lowest BCUT2D eigenvalue weighted by atomic mass is 10.0. The predicted molar refractivity (Wildman–Crippen MR) is 78.6 cm³/mol. The third-order valence-electron chi connectivity index (χ3n) is 3.93. The Bertz CT molecular complexity index is 456. The van der Waals surface area contributed by atoms with Crippen molar-refractivity contribution in [2.75, 3.05) is 24.6 Å². The monoisotopic (exact) mass is 281 g/mol. The summed E-state index contributed by atoms with van der Waals surface area (Å²) >= 11 is 0. The average Bonchev–Trinajstić information content (AvgIpc) is 2.91. The van der Waals surface area contributed by atoms with Gasteiger partial charge in [-0.1, -0.05) is 0 Å². The number of aryl methyl sites for hydroxylation is 1. The van der Waals surface area contributed by atoms with Crippen molar-refractivity contribution in [2.24, 2.45) is 0 Å². The molecule has 1 aromatic carbocycles. The second kappa shape index (κ2) is 6.55. The Kier molecular flexibility index (Phi) is 5.00. The number of hydrogen-bond acceptors (Lipinski definition) is 3. The minimum Gasteiger partial charge on any atom is -0.389 e. The molecule has 2 atom stereocenters. The van der Waals surface area contributed by atoms with Gasteiger partial charge >= 0.3 is 0 Å². The lowest BCUT2D eigenvalue weighted by Crippen LogP contribution is -2.33. The van der Waals surface area contributed by atoms with Gasteiger partial charge < -0.3 is 14.7 Å². The first-order valence-electron chi connectivity index (χ1n) is 7.37. The van der Waals surface area contributed by atoms with Gasteiger partial charge in [-0.2, -0.15) is 0 Å². The summed E-state index contributed by atoms with van der Waals surface area (Å²) in [5, 5.41) is 9.90. The normalized spacial score (nSPS) is 20.1. The molecule has 1 unspecified atom stereocenters. The van der Waals surface area contributed by atoms with Crippen LogP contribution in [-0.2, 0) is 4.74 Å². The fourth-order valence-electron chi connectivity index (χ4n) is 2.72. The molecule has 1 aliphatic rings. The zero-order valence-corrected chi connectivity index (χ0v) is 12.5. The maximum Gasteiger partial charge on any atom is 0.126 e. The quantitative estimate of drug-likeness (QED) is 0.899. The van der Waals surface area contributed by atoms with Crippen LogP contribution in [0.15, 0.2) is 12.1 Å². The molecule has 1 aromatic rings. The smallest absolute Gasteiger partial charge is 0.126 e. The van der Waals surface area contributed by atoms with E-state index in [9.17, 15) is 9.50 Å². The number of aliphatic hydroxyl groups is 1. The van der Waals surface area contributed by atoms with Crippen LogP contribution < -0.4 is 4.90 Å². The molecule has 0 radical (unpaired) electrons. The van der Waals surface area contributed by atoms with E-state index in [0.717, 1.165) is 38.2 Å². The Hall–Kier alpha value is -1.13. The number of rotatable bonds is 5. The van der Waals surface area contributed by atoms with Crippen molar-refractivity contribution in [1.82, 2.24) is 0 Å². The fourth-order valence-corrected chi connectivity index (χ4v) is 2.72. The van der Waals surface area contributed by atoms with Crippen LogP contribution in [0.3, 0.4) is 0 Å². The highest BCUT2D eigenvalue weighted by Gasteiger charge is 2.22. The van der Waals surface area contributed by atoms with E-state index in [1.807, 2.05) is 6.07 Å². The summed E-state index contributed by atoms with van der Waals surface area (Å²) in [6, 6.07) is 3.28. The number of ether oxygens (including phenoxy) is 1. The van der Waals surface area contributed by atoms with Crippen molar-refractivity contribution < 1.29 is 14.2 Å². The molecule has 0 aliphatic carbocycles. The summed E-state index contributed by atoms with van der Waals surface area (Å²) in [5.41, 5.74) is 2.17. The second-order valence-corrected chi connectivity index (χ2v) is 5.51. The summed E-state index contributed by atoms with van der Waals surface area (Å²) in [4.78, 5) is 2.17. The van der Waals surface area contributed by atoms with Crippen LogP contribution in [0.5, 0.6) is 0 Å². The standard InChI is InChI=1S/C16H24FNO2/c1-4-18(10-13-6-5-7-20-13)16-8-11(2)15(17)9-14(16)12(3)19/h8-9,12-13,19H,4-7,10H2,1-3H3/t12-,13?/m1/s1. The number of likely N-dealkylation sites (N-methyl/N-ethyl adjacent to an activating group) is 1. The van der Waals surface area contributed by atoms with E-state index in [-0.39, 0.29) is 11.9 Å². The molecule has 4 heteroatoms. The molecule has 0 bridgehead atoms. The van der Waals surface area contributed by atoms with E-state index in [1.54, 1.807) is 13.8 Å². The zero-order chi connectivity index (χ0) is 14.7. The zero-order valence-electron chi connectivity index (χ0n) is 12.5. The van der Waals surface area contributed by atoms with Crippen LogP contribution in [-0.4, -0.2) is 30.9 Å². The van der Waals surface area contributed by atoms with Crippen molar-refractivity contribution >= 4 is 5.69 Å². The van der Waals surface area contributed by atoms with Crippen LogP contribution in [0.2, 0.25) is 0 Å². The Morgan fingerprint density at radius 2 is 2.25 bits per heavy atom. The molecule has 112 valence electrons. The van der Waals surface area contributed by atoms with Gasteiger partial charge in [0.25, 0.3) is 0 Å². The van der Waals surface area contributed by atoms with Gasteiger partial charge in [0.2, 0.25) is 0 Å². The summed E-state index contributed by atoms with van der Waals surface area (Å²) in [5.74, 6) is -0.266. The largest absolute Gasteiger partial charge is 0.389 e. The number of benzene rings is 1. The van der Waals surface area contributed by atoms with Crippen LogP contribution in [0, 0.1) is 12.7 Å². The van der Waals surface area contributed by atoms with Crippen molar-refractivity contribution in [3.05, 3.63) is 29.1 Å². The highest BCUT2D eigenvalue weighted by molar-refractivity contribution is 5.57. The van der Waals surface area contributed by atoms with E-state index in [1.165, 1.54) is 6.07 Å². The average molecular weight is 281 g/mol. The van der Waals surface area contributed by atoms with Crippen molar-refractivity contribution in [2.45, 2.75) is 45.8 Å². The molecule has 0 amide bonds. The lowest BCUT2D eigenvalue weighted by Gasteiger charge is -2.29. The molecule has 1 aliphatic heterocycles. The minimum atomic E-state index is -0.682. The summed E-state index contributed by atoms with van der Waals surface area (Å²) in [7, 11) is 0. The summed E-state index contributed by atoms with van der Waals surface area (Å²) in [6.07, 6.45) is 1.73. The maximum atomic E-state index is 13.7. The first-order chi connectivity index (χ1) is 9.52. The van der Waals surface area contributed by atoms with Gasteiger partial charge in [0, 0.05) is 30.9 Å². The second-order valence-electron chi connectivity index (χ2n) is 5.51. The Morgan fingerprint density at radius 1 is 1.50 bits per heavy atom. The van der Waals surface area contributed by atoms with Crippen molar-refractivity contribution in [3.63, 3.8) is 0 Å². The SMILES string of the molecule is CCN(CC1CCCO1)c1cc(C)c(F)cc1[C@@H](C)O. The maximum absolute atomic E-state index is 13.7. The third kappa shape index (κ3) is 3.30. The molecule has 20 heavy (non-hydrogen) atoms. The summed E-state index contributed by atoms with van der Waals surface area (Å²) in [6.45, 7) is 7.93. The predicted octanol–water partition coefficient (Wildman–Crippen LogP) is 3.19. The van der Waals surface area contributed by atoms with Crippen molar-refractivity contribution in [3.8, 4) is 0 Å². The van der Waals surface area contributed by atoms with E-state index < -0.39 is 6.10 Å². The molecule has 1 heterocycles. The van der Waals surface area contributed by atoms with Crippen LogP contribution in [0.1, 0.15) is 43.9 Å². The van der Waals surface area contributed by atoms with Gasteiger partial charge in [0.05, 0.1) is 12.2 Å². The molecular weight excluding hydrogens is 257 g/mol. The highest BCUT2D eigenvalue weighted by Crippen LogP contribution is 2.30. The number of aliphatic hydroxyl groups excluding tert-OH is 1. The van der Waals surface area contributed by atoms with Gasteiger partial charge in [-0.05, 0) is 51.3 Å². The molecule has 1 saturated heterocycles. The van der Waals surface area contributed by atoms with Gasteiger partial charge in [0.15, 0.2) is 0 Å². The molecule has 0 spiro atoms. The molecule has 0 saturated carbocycles. The van der Waals surface area contributed by atoms with E-state index >= 15 is 0 Å². The number of hydrogen-bond donors (Lipinski definition) is 1. The molecular formula is C16H24FNO2. The molecule has 1 fully saturated rings. The topological polar surface area (TPSA) is 32.7 Å². The third-order valence-corrected chi connectivity index (χ3v) is 3.93. The lowest BCUT2D eigenvalue weighted by molar-refractivity contribution is 0.115. The van der Waals surface area contributed by atoms with Crippen LogP contribution in [0.4, 0.5) is 10.1 Å². The number of halogens is 1. The summed E-state index contributed by atoms with van der Waals surface area (Å²) < 4.78 is 19.4. The van der Waals surface area contributed by atoms with Crippen LogP contribution >= 0.6 is 0 Å². The molecule has 3 nitrogen and oxygen atoms in total.